The highest BCUT2D eigenvalue weighted by Gasteiger charge is 2.20. The zero-order valence-corrected chi connectivity index (χ0v) is 10.3. The minimum atomic E-state index is -0.417. The summed E-state index contributed by atoms with van der Waals surface area (Å²) in [5, 5.41) is 8.63. The standard InChI is InChI=1S/C6H13NO.C5H12O2/c7-6-2-1-5(3-6)4-8;1-5(2,6-3)7-4/h5-6,8H,1-4,7H2;1-4H3. The number of hydrogen-bond acceptors (Lipinski definition) is 4. The second-order valence-corrected chi connectivity index (χ2v) is 4.43. The van der Waals surface area contributed by atoms with E-state index in [4.69, 9.17) is 20.3 Å². The summed E-state index contributed by atoms with van der Waals surface area (Å²) in [6.07, 6.45) is 3.25. The van der Waals surface area contributed by atoms with Crippen LogP contribution in [-0.2, 0) is 9.47 Å². The molecule has 2 unspecified atom stereocenters. The summed E-state index contributed by atoms with van der Waals surface area (Å²) in [6, 6.07) is 0.368. The Kier molecular flexibility index (Phi) is 7.09. The fraction of sp³-hybridized carbons (Fsp3) is 1.00. The third kappa shape index (κ3) is 6.84. The Morgan fingerprint density at radius 2 is 1.80 bits per heavy atom. The highest BCUT2D eigenvalue weighted by Crippen LogP contribution is 2.22. The van der Waals surface area contributed by atoms with E-state index in [2.05, 4.69) is 0 Å². The molecule has 0 aliphatic heterocycles. The van der Waals surface area contributed by atoms with Crippen molar-refractivity contribution in [3.05, 3.63) is 0 Å². The molecule has 0 aromatic heterocycles. The van der Waals surface area contributed by atoms with Crippen molar-refractivity contribution in [2.45, 2.75) is 44.9 Å². The molecule has 1 aliphatic rings. The Labute approximate surface area is 92.7 Å². The minimum Gasteiger partial charge on any atom is -0.396 e. The van der Waals surface area contributed by atoms with Crippen molar-refractivity contribution in [1.29, 1.82) is 0 Å². The Morgan fingerprint density at radius 1 is 1.27 bits per heavy atom. The van der Waals surface area contributed by atoms with E-state index in [1.807, 2.05) is 13.8 Å². The molecule has 4 heteroatoms. The topological polar surface area (TPSA) is 64.7 Å². The van der Waals surface area contributed by atoms with Crippen molar-refractivity contribution in [3.63, 3.8) is 0 Å². The second kappa shape index (κ2) is 7.17. The Hall–Kier alpha value is -0.160. The molecule has 0 aromatic carbocycles. The molecule has 0 saturated heterocycles. The van der Waals surface area contributed by atoms with Gasteiger partial charge in [-0.05, 0) is 39.0 Å². The maximum atomic E-state index is 8.63. The van der Waals surface area contributed by atoms with Crippen molar-refractivity contribution in [2.24, 2.45) is 11.7 Å². The quantitative estimate of drug-likeness (QED) is 0.698. The zero-order chi connectivity index (χ0) is 11.9. The van der Waals surface area contributed by atoms with E-state index < -0.39 is 5.79 Å². The zero-order valence-electron chi connectivity index (χ0n) is 10.3. The van der Waals surface area contributed by atoms with Gasteiger partial charge in [-0.15, -0.1) is 0 Å². The van der Waals surface area contributed by atoms with Crippen LogP contribution in [0.5, 0.6) is 0 Å². The molecule has 1 rings (SSSR count). The van der Waals surface area contributed by atoms with Crippen molar-refractivity contribution in [1.82, 2.24) is 0 Å². The molecule has 4 nitrogen and oxygen atoms in total. The van der Waals surface area contributed by atoms with E-state index in [1.54, 1.807) is 14.2 Å². The van der Waals surface area contributed by atoms with Gasteiger partial charge in [-0.1, -0.05) is 0 Å². The van der Waals surface area contributed by atoms with E-state index >= 15 is 0 Å². The fourth-order valence-electron chi connectivity index (χ4n) is 1.36. The summed E-state index contributed by atoms with van der Waals surface area (Å²) < 4.78 is 9.73. The Morgan fingerprint density at radius 3 is 1.93 bits per heavy atom. The fourth-order valence-corrected chi connectivity index (χ4v) is 1.36. The third-order valence-corrected chi connectivity index (χ3v) is 2.82. The molecule has 1 aliphatic carbocycles. The molecular formula is C11H25NO3. The van der Waals surface area contributed by atoms with E-state index in [9.17, 15) is 0 Å². The molecule has 92 valence electrons. The SMILES string of the molecule is COC(C)(C)OC.NC1CCC(CO)C1. The van der Waals surface area contributed by atoms with Crippen LogP contribution in [0.1, 0.15) is 33.1 Å². The molecular weight excluding hydrogens is 194 g/mol. The van der Waals surface area contributed by atoms with Gasteiger partial charge < -0.3 is 20.3 Å². The van der Waals surface area contributed by atoms with E-state index in [-0.39, 0.29) is 0 Å². The van der Waals surface area contributed by atoms with Crippen LogP contribution in [0, 0.1) is 5.92 Å². The van der Waals surface area contributed by atoms with Crippen molar-refractivity contribution in [3.8, 4) is 0 Å². The molecule has 15 heavy (non-hydrogen) atoms. The lowest BCUT2D eigenvalue weighted by molar-refractivity contribution is -0.178. The summed E-state index contributed by atoms with van der Waals surface area (Å²) in [7, 11) is 3.23. The predicted octanol–water partition coefficient (Wildman–Crippen LogP) is 1.12. The molecule has 0 radical (unpaired) electrons. The van der Waals surface area contributed by atoms with Crippen molar-refractivity contribution < 1.29 is 14.6 Å². The lowest BCUT2D eigenvalue weighted by Gasteiger charge is -2.19. The van der Waals surface area contributed by atoms with Crippen LogP contribution in [0.2, 0.25) is 0 Å². The summed E-state index contributed by atoms with van der Waals surface area (Å²) in [6.45, 7) is 4.04. The van der Waals surface area contributed by atoms with Crippen LogP contribution in [0.15, 0.2) is 0 Å². The van der Waals surface area contributed by atoms with Crippen LogP contribution in [0.4, 0.5) is 0 Å². The molecule has 0 spiro atoms. The average molecular weight is 219 g/mol. The third-order valence-electron chi connectivity index (χ3n) is 2.82. The van der Waals surface area contributed by atoms with Gasteiger partial charge in [-0.2, -0.15) is 0 Å². The van der Waals surface area contributed by atoms with Gasteiger partial charge in [0.05, 0.1) is 0 Å². The number of aliphatic hydroxyl groups is 1. The van der Waals surface area contributed by atoms with Crippen LogP contribution in [0.3, 0.4) is 0 Å². The number of methoxy groups -OCH3 is 2. The van der Waals surface area contributed by atoms with Gasteiger partial charge in [0.25, 0.3) is 0 Å². The van der Waals surface area contributed by atoms with E-state index in [0.29, 0.717) is 18.6 Å². The van der Waals surface area contributed by atoms with Gasteiger partial charge in [0, 0.05) is 26.9 Å². The molecule has 0 bridgehead atoms. The maximum absolute atomic E-state index is 8.63. The molecule has 0 amide bonds. The number of aliphatic hydroxyl groups excluding tert-OH is 1. The Balaban J connectivity index is 0.000000265. The number of nitrogens with two attached hydrogens (primary N) is 1. The molecule has 1 fully saturated rings. The lowest BCUT2D eigenvalue weighted by atomic mass is 10.1. The summed E-state index contributed by atoms with van der Waals surface area (Å²) in [5.41, 5.74) is 5.59. The second-order valence-electron chi connectivity index (χ2n) is 4.43. The molecule has 1 saturated carbocycles. The van der Waals surface area contributed by atoms with Crippen LogP contribution < -0.4 is 5.73 Å². The average Bonchev–Trinajstić information content (AvgIpc) is 2.65. The summed E-state index contributed by atoms with van der Waals surface area (Å²) in [5.74, 6) is 0.0880. The van der Waals surface area contributed by atoms with Gasteiger partial charge >= 0.3 is 0 Å². The van der Waals surface area contributed by atoms with Gasteiger partial charge in [-0.25, -0.2) is 0 Å². The first kappa shape index (κ1) is 14.8. The first-order valence-electron chi connectivity index (χ1n) is 5.42. The molecule has 2 atom stereocenters. The highest BCUT2D eigenvalue weighted by molar-refractivity contribution is 4.76. The lowest BCUT2D eigenvalue weighted by Crippen LogP contribution is -2.24. The molecule has 0 aromatic rings. The number of hydrogen-bond donors (Lipinski definition) is 2. The summed E-state index contributed by atoms with van der Waals surface area (Å²) in [4.78, 5) is 0. The minimum absolute atomic E-state index is 0.327. The van der Waals surface area contributed by atoms with Gasteiger partial charge in [-0.3, -0.25) is 0 Å². The summed E-state index contributed by atoms with van der Waals surface area (Å²) >= 11 is 0. The van der Waals surface area contributed by atoms with E-state index in [0.717, 1.165) is 19.3 Å². The number of rotatable bonds is 3. The van der Waals surface area contributed by atoms with Crippen molar-refractivity contribution >= 4 is 0 Å². The first-order valence-corrected chi connectivity index (χ1v) is 5.42. The maximum Gasteiger partial charge on any atom is 0.161 e. The molecule has 3 N–H and O–H groups in total. The van der Waals surface area contributed by atoms with E-state index in [1.165, 1.54) is 0 Å². The normalized spacial score (nSPS) is 26.0. The molecule has 0 heterocycles. The van der Waals surface area contributed by atoms with Gasteiger partial charge in [0.2, 0.25) is 0 Å². The number of ether oxygens (including phenoxy) is 2. The van der Waals surface area contributed by atoms with Crippen LogP contribution in [-0.4, -0.2) is 37.8 Å². The highest BCUT2D eigenvalue weighted by atomic mass is 16.7. The van der Waals surface area contributed by atoms with Crippen molar-refractivity contribution in [2.75, 3.05) is 20.8 Å². The van der Waals surface area contributed by atoms with Gasteiger partial charge in [0.15, 0.2) is 5.79 Å². The van der Waals surface area contributed by atoms with Gasteiger partial charge in [0.1, 0.15) is 0 Å². The predicted molar refractivity (Wildman–Crippen MR) is 60.5 cm³/mol. The van der Waals surface area contributed by atoms with Crippen LogP contribution in [0.25, 0.3) is 0 Å². The smallest absolute Gasteiger partial charge is 0.161 e. The monoisotopic (exact) mass is 219 g/mol. The largest absolute Gasteiger partial charge is 0.396 e. The first-order chi connectivity index (χ1) is 6.95. The Bertz CT molecular complexity index is 156. The van der Waals surface area contributed by atoms with Crippen LogP contribution >= 0.6 is 0 Å².